The topological polar surface area (TPSA) is 179 Å². The second kappa shape index (κ2) is 13.1. The fourth-order valence-corrected chi connectivity index (χ4v) is 4.85. The minimum atomic E-state index is -1.17. The molecule has 0 bridgehead atoms. The molecule has 2 aromatic heterocycles. The van der Waals surface area contributed by atoms with E-state index in [1.807, 2.05) is 30.3 Å². The van der Waals surface area contributed by atoms with Gasteiger partial charge in [0.1, 0.15) is 18.2 Å². The van der Waals surface area contributed by atoms with E-state index in [4.69, 9.17) is 26.8 Å². The van der Waals surface area contributed by atoms with Crippen LogP contribution in [0.5, 0.6) is 5.75 Å². The number of amides is 2. The van der Waals surface area contributed by atoms with Crippen molar-refractivity contribution in [2.45, 2.75) is 37.4 Å². The second-order valence-corrected chi connectivity index (χ2v) is 10.1. The summed E-state index contributed by atoms with van der Waals surface area (Å²) in [5, 5.41) is 19.7. The van der Waals surface area contributed by atoms with Gasteiger partial charge in [0.2, 0.25) is 0 Å². The number of imidazole rings is 1. The minimum Gasteiger partial charge on any atom is -0.483 e. The molecule has 4 atom stereocenters. The number of fused-ring (bicyclic) bond motifs is 1. The summed E-state index contributed by atoms with van der Waals surface area (Å²) in [7, 11) is 1.47. The highest BCUT2D eigenvalue weighted by Gasteiger charge is 2.46. The molecule has 0 saturated carbocycles. The Labute approximate surface area is 246 Å². The van der Waals surface area contributed by atoms with Crippen LogP contribution in [0.1, 0.15) is 17.4 Å². The van der Waals surface area contributed by atoms with Gasteiger partial charge in [0.25, 0.3) is 11.8 Å². The van der Waals surface area contributed by atoms with Crippen LogP contribution in [0.15, 0.2) is 61.2 Å². The summed E-state index contributed by atoms with van der Waals surface area (Å²) in [5.74, 6) is 0.216. The van der Waals surface area contributed by atoms with Gasteiger partial charge >= 0.3 is 0 Å². The summed E-state index contributed by atoms with van der Waals surface area (Å²) in [6.07, 6.45) is 0.342. The van der Waals surface area contributed by atoms with Gasteiger partial charge in [0.15, 0.2) is 35.9 Å². The Hall–Kier alpha value is -4.30. The quantitative estimate of drug-likeness (QED) is 0.169. The Bertz CT molecular complexity index is 1550. The highest BCUT2D eigenvalue weighted by molar-refractivity contribution is 6.30. The standard InChI is InChI=1S/C28H31ClN8O5/c1-31-27(40)24-21(30)23(39)28(42-24)37-15-36-22-25(34-14-35-26(22)37)33-12-17-11-18(29)7-8-19(17)41-13-20(38)32-10-9-16-5-3-2-4-6-16/h2-8,11,14-15,21,23-24,28,39H,9-10,12-13,30H2,1H3,(H,31,40)(H,32,38)(H,33,34,35)/t21-,23+,24-,28+/m0/s1. The maximum absolute atomic E-state index is 12.4. The molecular weight excluding hydrogens is 564 g/mol. The van der Waals surface area contributed by atoms with Gasteiger partial charge in [-0.05, 0) is 30.2 Å². The second-order valence-electron chi connectivity index (χ2n) is 9.66. The lowest BCUT2D eigenvalue weighted by molar-refractivity contribution is -0.134. The number of aliphatic hydroxyl groups is 1. The Morgan fingerprint density at radius 2 is 1.98 bits per heavy atom. The van der Waals surface area contributed by atoms with Gasteiger partial charge in [-0.2, -0.15) is 0 Å². The monoisotopic (exact) mass is 594 g/mol. The van der Waals surface area contributed by atoms with Crippen molar-refractivity contribution in [3.8, 4) is 5.75 Å². The van der Waals surface area contributed by atoms with Crippen molar-refractivity contribution in [1.82, 2.24) is 30.2 Å². The molecule has 0 spiro atoms. The van der Waals surface area contributed by atoms with Crippen LogP contribution in [-0.2, 0) is 27.3 Å². The third-order valence-electron chi connectivity index (χ3n) is 6.87. The van der Waals surface area contributed by atoms with Crippen LogP contribution in [0.3, 0.4) is 0 Å². The molecule has 14 heteroatoms. The Kier molecular flexibility index (Phi) is 9.12. The number of hydrogen-bond donors (Lipinski definition) is 5. The van der Waals surface area contributed by atoms with Crippen molar-refractivity contribution < 1.29 is 24.2 Å². The zero-order chi connectivity index (χ0) is 29.6. The smallest absolute Gasteiger partial charge is 0.257 e. The summed E-state index contributed by atoms with van der Waals surface area (Å²) in [6, 6.07) is 14.1. The summed E-state index contributed by atoms with van der Waals surface area (Å²) in [6.45, 7) is 0.587. The maximum atomic E-state index is 12.4. The molecule has 1 fully saturated rings. The Balaban J connectivity index is 1.24. The number of aromatic nitrogens is 4. The number of halogens is 1. The van der Waals surface area contributed by atoms with Crippen LogP contribution in [0.4, 0.5) is 5.82 Å². The van der Waals surface area contributed by atoms with E-state index < -0.39 is 30.4 Å². The number of likely N-dealkylation sites (N-methyl/N-ethyl adjacent to an activating group) is 1. The number of carbonyl (C=O) groups excluding carboxylic acids is 2. The number of carbonyl (C=O) groups is 2. The Morgan fingerprint density at radius 1 is 1.17 bits per heavy atom. The lowest BCUT2D eigenvalue weighted by Crippen LogP contribution is -2.46. The minimum absolute atomic E-state index is 0.158. The SMILES string of the molecule is CNC(=O)[C@H]1O[C@@H](n2cnc3c(NCc4cc(Cl)ccc4OCC(=O)NCCc4ccccc4)ncnc32)[C@H](O)[C@@H]1N. The number of nitrogens with zero attached hydrogens (tertiary/aromatic N) is 4. The van der Waals surface area contributed by atoms with Gasteiger partial charge in [-0.15, -0.1) is 0 Å². The molecule has 6 N–H and O–H groups in total. The van der Waals surface area contributed by atoms with Crippen molar-refractivity contribution in [2.75, 3.05) is 25.5 Å². The first-order chi connectivity index (χ1) is 20.4. The van der Waals surface area contributed by atoms with Gasteiger partial charge in [-0.3, -0.25) is 14.2 Å². The van der Waals surface area contributed by atoms with E-state index in [1.54, 1.807) is 18.2 Å². The average Bonchev–Trinajstić information content (AvgIpc) is 3.56. The molecular formula is C28H31ClN8O5. The van der Waals surface area contributed by atoms with Crippen molar-refractivity contribution in [1.29, 1.82) is 0 Å². The van der Waals surface area contributed by atoms with Crippen molar-refractivity contribution in [3.05, 3.63) is 77.3 Å². The third-order valence-corrected chi connectivity index (χ3v) is 7.10. The molecule has 220 valence electrons. The third kappa shape index (κ3) is 6.44. The van der Waals surface area contributed by atoms with Crippen LogP contribution in [0.2, 0.25) is 5.02 Å². The molecule has 3 heterocycles. The average molecular weight is 595 g/mol. The van der Waals surface area contributed by atoms with Crippen LogP contribution < -0.4 is 26.4 Å². The first-order valence-corrected chi connectivity index (χ1v) is 13.7. The lowest BCUT2D eigenvalue weighted by atomic mass is 10.1. The van der Waals surface area contributed by atoms with E-state index in [1.165, 1.54) is 24.3 Å². The number of anilines is 1. The molecule has 42 heavy (non-hydrogen) atoms. The van der Waals surface area contributed by atoms with Crippen LogP contribution in [0.25, 0.3) is 11.2 Å². The number of benzene rings is 2. The molecule has 13 nitrogen and oxygen atoms in total. The fourth-order valence-electron chi connectivity index (χ4n) is 4.66. The molecule has 5 rings (SSSR count). The first-order valence-electron chi connectivity index (χ1n) is 13.3. The number of rotatable bonds is 11. The summed E-state index contributed by atoms with van der Waals surface area (Å²) < 4.78 is 13.1. The van der Waals surface area contributed by atoms with E-state index >= 15 is 0 Å². The molecule has 0 aliphatic carbocycles. The Morgan fingerprint density at radius 3 is 2.76 bits per heavy atom. The molecule has 1 saturated heterocycles. The van der Waals surface area contributed by atoms with Crippen molar-refractivity contribution in [2.24, 2.45) is 5.73 Å². The summed E-state index contributed by atoms with van der Waals surface area (Å²) >= 11 is 6.25. The predicted molar refractivity (Wildman–Crippen MR) is 155 cm³/mol. The van der Waals surface area contributed by atoms with Crippen molar-refractivity contribution >= 4 is 40.4 Å². The lowest BCUT2D eigenvalue weighted by Gasteiger charge is -2.17. The van der Waals surface area contributed by atoms with Gasteiger partial charge in [-0.1, -0.05) is 41.9 Å². The number of nitrogens with two attached hydrogens (primary N) is 1. The highest BCUT2D eigenvalue weighted by atomic mass is 35.5. The number of ether oxygens (including phenoxy) is 2. The molecule has 0 unspecified atom stereocenters. The van der Waals surface area contributed by atoms with Gasteiger partial charge in [0, 0.05) is 30.7 Å². The van der Waals surface area contributed by atoms with E-state index in [2.05, 4.69) is 30.9 Å². The van der Waals surface area contributed by atoms with Crippen LogP contribution >= 0.6 is 11.6 Å². The van der Waals surface area contributed by atoms with E-state index in [0.29, 0.717) is 39.9 Å². The summed E-state index contributed by atoms with van der Waals surface area (Å²) in [4.78, 5) is 37.5. The highest BCUT2D eigenvalue weighted by Crippen LogP contribution is 2.32. The summed E-state index contributed by atoms with van der Waals surface area (Å²) in [5.41, 5.74) is 8.65. The predicted octanol–water partition coefficient (Wildman–Crippen LogP) is 1.16. The number of nitrogens with one attached hydrogen (secondary N) is 3. The van der Waals surface area contributed by atoms with Gasteiger partial charge in [0.05, 0.1) is 12.4 Å². The van der Waals surface area contributed by atoms with E-state index in [0.717, 1.165) is 12.0 Å². The van der Waals surface area contributed by atoms with Gasteiger partial charge in [-0.25, -0.2) is 15.0 Å². The first kappa shape index (κ1) is 29.2. The van der Waals surface area contributed by atoms with Crippen LogP contribution in [-0.4, -0.2) is 74.9 Å². The number of hydrogen-bond acceptors (Lipinski definition) is 10. The largest absolute Gasteiger partial charge is 0.483 e. The normalized spacial score (nSPS) is 19.9. The molecule has 4 aromatic rings. The molecule has 1 aliphatic rings. The molecule has 2 amide bonds. The van der Waals surface area contributed by atoms with Crippen molar-refractivity contribution in [3.63, 3.8) is 0 Å². The fraction of sp³-hybridized carbons (Fsp3) is 0.321. The number of aliphatic hydroxyl groups excluding tert-OH is 1. The van der Waals surface area contributed by atoms with Gasteiger partial charge < -0.3 is 36.3 Å². The zero-order valence-electron chi connectivity index (χ0n) is 22.7. The molecule has 1 aliphatic heterocycles. The maximum Gasteiger partial charge on any atom is 0.257 e. The zero-order valence-corrected chi connectivity index (χ0v) is 23.5. The molecule has 0 radical (unpaired) electrons. The van der Waals surface area contributed by atoms with E-state index in [9.17, 15) is 14.7 Å². The molecule has 2 aromatic carbocycles. The van der Waals surface area contributed by atoms with Crippen LogP contribution in [0, 0.1) is 0 Å². The van der Waals surface area contributed by atoms with E-state index in [-0.39, 0.29) is 19.1 Å².